The van der Waals surface area contributed by atoms with Crippen molar-refractivity contribution in [2.45, 2.75) is 25.8 Å². The van der Waals surface area contributed by atoms with Crippen molar-refractivity contribution in [2.75, 3.05) is 19.7 Å². The van der Waals surface area contributed by atoms with E-state index >= 15 is 0 Å². The van der Waals surface area contributed by atoms with Crippen LogP contribution in [0.5, 0.6) is 0 Å². The Morgan fingerprint density at radius 3 is 2.80 bits per heavy atom. The molecule has 0 saturated carbocycles. The molecule has 0 aromatic rings. The Labute approximate surface area is 62.6 Å². The molecule has 3 heteroatoms. The van der Waals surface area contributed by atoms with E-state index in [4.69, 9.17) is 10.8 Å². The van der Waals surface area contributed by atoms with E-state index in [1.807, 2.05) is 0 Å². The minimum Gasteiger partial charge on any atom is -0.395 e. The number of hydrogen-bond donors (Lipinski definition) is 3. The maximum absolute atomic E-state index is 8.53. The summed E-state index contributed by atoms with van der Waals surface area (Å²) in [4.78, 5) is 0. The van der Waals surface area contributed by atoms with E-state index in [-0.39, 0.29) is 12.6 Å². The summed E-state index contributed by atoms with van der Waals surface area (Å²) in [7, 11) is 0. The Bertz CT molecular complexity index is 68.6. The highest BCUT2D eigenvalue weighted by atomic mass is 16.3. The van der Waals surface area contributed by atoms with Gasteiger partial charge in [0.05, 0.1) is 6.61 Å². The fourth-order valence-corrected chi connectivity index (χ4v) is 0.654. The molecule has 0 aliphatic rings. The van der Waals surface area contributed by atoms with E-state index in [0.717, 1.165) is 13.1 Å². The molecule has 0 aliphatic carbocycles. The van der Waals surface area contributed by atoms with Crippen molar-refractivity contribution in [2.24, 2.45) is 5.73 Å². The first-order chi connectivity index (χ1) is 4.81. The van der Waals surface area contributed by atoms with Gasteiger partial charge in [-0.25, -0.2) is 0 Å². The fraction of sp³-hybridized carbons (Fsp3) is 1.00. The molecule has 0 rings (SSSR count). The van der Waals surface area contributed by atoms with Crippen molar-refractivity contribution in [1.82, 2.24) is 5.32 Å². The highest BCUT2D eigenvalue weighted by Crippen LogP contribution is 1.82. The zero-order valence-electron chi connectivity index (χ0n) is 6.64. The zero-order chi connectivity index (χ0) is 7.82. The van der Waals surface area contributed by atoms with Crippen LogP contribution < -0.4 is 11.1 Å². The number of unbranched alkanes of at least 4 members (excludes halogenated alkanes) is 1. The largest absolute Gasteiger partial charge is 0.395 e. The minimum atomic E-state index is -0.100. The van der Waals surface area contributed by atoms with E-state index in [1.54, 1.807) is 0 Å². The molecule has 1 atom stereocenters. The minimum absolute atomic E-state index is 0.0686. The average molecular weight is 146 g/mol. The molecule has 0 fully saturated rings. The maximum Gasteiger partial charge on any atom is 0.0594 e. The predicted molar refractivity (Wildman–Crippen MR) is 42.8 cm³/mol. The second-order valence-corrected chi connectivity index (χ2v) is 2.50. The maximum atomic E-state index is 8.53. The van der Waals surface area contributed by atoms with Crippen LogP contribution in [-0.2, 0) is 0 Å². The van der Waals surface area contributed by atoms with Crippen LogP contribution in [0.25, 0.3) is 0 Å². The van der Waals surface area contributed by atoms with Crippen LogP contribution in [0.2, 0.25) is 0 Å². The molecule has 0 spiro atoms. The van der Waals surface area contributed by atoms with Gasteiger partial charge in [0.15, 0.2) is 0 Å². The number of rotatable bonds is 6. The van der Waals surface area contributed by atoms with E-state index in [1.165, 1.54) is 12.8 Å². The predicted octanol–water partition coefficient (Wildman–Crippen LogP) is -0.304. The standard InChI is InChI=1S/C7H18N2O/c1-2-3-4-9-5-7(8)6-10/h7,9-10H,2-6,8H2,1H3/t7-/m0/s1. The van der Waals surface area contributed by atoms with Gasteiger partial charge in [-0.2, -0.15) is 0 Å². The smallest absolute Gasteiger partial charge is 0.0594 e. The van der Waals surface area contributed by atoms with Crippen molar-refractivity contribution < 1.29 is 5.11 Å². The van der Waals surface area contributed by atoms with Crippen LogP contribution in [0.15, 0.2) is 0 Å². The van der Waals surface area contributed by atoms with Gasteiger partial charge in [-0.3, -0.25) is 0 Å². The second kappa shape index (κ2) is 6.99. The van der Waals surface area contributed by atoms with Crippen LogP contribution in [0.1, 0.15) is 19.8 Å². The lowest BCUT2D eigenvalue weighted by molar-refractivity contribution is 0.262. The van der Waals surface area contributed by atoms with Gasteiger partial charge in [0.1, 0.15) is 0 Å². The molecule has 0 aromatic heterocycles. The van der Waals surface area contributed by atoms with Crippen molar-refractivity contribution in [3.8, 4) is 0 Å². The van der Waals surface area contributed by atoms with Gasteiger partial charge in [-0.15, -0.1) is 0 Å². The summed E-state index contributed by atoms with van der Waals surface area (Å²) in [6.07, 6.45) is 2.37. The van der Waals surface area contributed by atoms with Gasteiger partial charge >= 0.3 is 0 Å². The molecule has 62 valence electrons. The van der Waals surface area contributed by atoms with Crippen LogP contribution in [-0.4, -0.2) is 30.8 Å². The molecular weight excluding hydrogens is 128 g/mol. The zero-order valence-corrected chi connectivity index (χ0v) is 6.64. The third-order valence-corrected chi connectivity index (χ3v) is 1.35. The molecule has 0 aliphatic heterocycles. The van der Waals surface area contributed by atoms with Gasteiger partial charge in [-0.05, 0) is 13.0 Å². The molecule has 10 heavy (non-hydrogen) atoms. The molecule has 0 heterocycles. The Kier molecular flexibility index (Phi) is 6.91. The first kappa shape index (κ1) is 9.88. The lowest BCUT2D eigenvalue weighted by Gasteiger charge is -2.08. The number of nitrogens with two attached hydrogens (primary N) is 1. The van der Waals surface area contributed by atoms with Crippen LogP contribution in [0, 0.1) is 0 Å². The van der Waals surface area contributed by atoms with Gasteiger partial charge in [0.25, 0.3) is 0 Å². The highest BCUT2D eigenvalue weighted by molar-refractivity contribution is 4.61. The molecular formula is C7H18N2O. The van der Waals surface area contributed by atoms with Gasteiger partial charge in [0, 0.05) is 12.6 Å². The summed E-state index contributed by atoms with van der Waals surface area (Å²) in [5.74, 6) is 0. The van der Waals surface area contributed by atoms with Gasteiger partial charge in [-0.1, -0.05) is 13.3 Å². The van der Waals surface area contributed by atoms with Crippen molar-refractivity contribution in [1.29, 1.82) is 0 Å². The molecule has 0 unspecified atom stereocenters. The molecule has 3 nitrogen and oxygen atoms in total. The summed E-state index contributed by atoms with van der Waals surface area (Å²) >= 11 is 0. The highest BCUT2D eigenvalue weighted by Gasteiger charge is 1.96. The molecule has 0 bridgehead atoms. The van der Waals surface area contributed by atoms with Gasteiger partial charge in [0.2, 0.25) is 0 Å². The van der Waals surface area contributed by atoms with E-state index in [2.05, 4.69) is 12.2 Å². The molecule has 0 saturated heterocycles. The SMILES string of the molecule is CCCCNC[C@H](N)CO. The first-order valence-corrected chi connectivity index (χ1v) is 3.88. The van der Waals surface area contributed by atoms with Crippen LogP contribution >= 0.6 is 0 Å². The summed E-state index contributed by atoms with van der Waals surface area (Å²) in [6.45, 7) is 3.94. The van der Waals surface area contributed by atoms with Crippen molar-refractivity contribution >= 4 is 0 Å². The van der Waals surface area contributed by atoms with E-state index in [9.17, 15) is 0 Å². The number of aliphatic hydroxyl groups excluding tert-OH is 1. The Hall–Kier alpha value is -0.120. The Morgan fingerprint density at radius 1 is 1.60 bits per heavy atom. The summed E-state index contributed by atoms with van der Waals surface area (Å²) < 4.78 is 0. The summed E-state index contributed by atoms with van der Waals surface area (Å²) in [6, 6.07) is -0.100. The molecule has 0 radical (unpaired) electrons. The summed E-state index contributed by atoms with van der Waals surface area (Å²) in [5.41, 5.74) is 5.44. The third kappa shape index (κ3) is 6.01. The Morgan fingerprint density at radius 2 is 2.30 bits per heavy atom. The molecule has 0 aromatic carbocycles. The molecule has 4 N–H and O–H groups in total. The number of nitrogens with one attached hydrogen (secondary N) is 1. The Balaban J connectivity index is 2.89. The van der Waals surface area contributed by atoms with E-state index in [0.29, 0.717) is 0 Å². The van der Waals surface area contributed by atoms with Gasteiger partial charge < -0.3 is 16.2 Å². The average Bonchev–Trinajstić information content (AvgIpc) is 1.98. The normalized spacial score (nSPS) is 13.5. The lowest BCUT2D eigenvalue weighted by Crippen LogP contribution is -2.36. The number of aliphatic hydroxyl groups is 1. The monoisotopic (exact) mass is 146 g/mol. The first-order valence-electron chi connectivity index (χ1n) is 3.88. The quantitative estimate of drug-likeness (QED) is 0.451. The second-order valence-electron chi connectivity index (χ2n) is 2.50. The van der Waals surface area contributed by atoms with Crippen LogP contribution in [0.4, 0.5) is 0 Å². The lowest BCUT2D eigenvalue weighted by atomic mass is 10.3. The fourth-order valence-electron chi connectivity index (χ4n) is 0.654. The van der Waals surface area contributed by atoms with Crippen molar-refractivity contribution in [3.63, 3.8) is 0 Å². The van der Waals surface area contributed by atoms with E-state index < -0.39 is 0 Å². The number of hydrogen-bond acceptors (Lipinski definition) is 3. The molecule has 0 amide bonds. The van der Waals surface area contributed by atoms with Crippen molar-refractivity contribution in [3.05, 3.63) is 0 Å². The van der Waals surface area contributed by atoms with Crippen LogP contribution in [0.3, 0.4) is 0 Å². The third-order valence-electron chi connectivity index (χ3n) is 1.35. The topological polar surface area (TPSA) is 58.3 Å². The summed E-state index contributed by atoms with van der Waals surface area (Å²) in [5, 5.41) is 11.7.